The van der Waals surface area contributed by atoms with Crippen molar-refractivity contribution in [1.29, 1.82) is 0 Å². The van der Waals surface area contributed by atoms with Gasteiger partial charge in [0, 0.05) is 25.2 Å². The lowest BCUT2D eigenvalue weighted by Gasteiger charge is -2.27. The van der Waals surface area contributed by atoms with Crippen LogP contribution in [0.5, 0.6) is 0 Å². The minimum absolute atomic E-state index is 0.0834. The molecule has 4 rings (SSSR count). The lowest BCUT2D eigenvalue weighted by molar-refractivity contribution is 0.0741. The zero-order valence-electron chi connectivity index (χ0n) is 14.9. The lowest BCUT2D eigenvalue weighted by Crippen LogP contribution is -2.35. The van der Waals surface area contributed by atoms with Gasteiger partial charge in [-0.05, 0) is 12.0 Å². The number of hydrogen-bond donors (Lipinski definition) is 2. The predicted octanol–water partition coefficient (Wildman–Crippen LogP) is 3.18. The number of benzene rings is 2. The average Bonchev–Trinajstić information content (AvgIpc) is 2.70. The first-order chi connectivity index (χ1) is 13.2. The fraction of sp³-hybridized carbons (Fsp3) is 0.190. The molecule has 6 heteroatoms. The van der Waals surface area contributed by atoms with Gasteiger partial charge in [-0.1, -0.05) is 60.7 Å². The number of rotatable bonds is 3. The van der Waals surface area contributed by atoms with Crippen LogP contribution in [0, 0.1) is 0 Å². The molecule has 3 aromatic rings. The number of nitrogen functional groups attached to an aromatic ring is 1. The van der Waals surface area contributed by atoms with Crippen LogP contribution in [0.15, 0.2) is 60.7 Å². The molecule has 0 aliphatic carbocycles. The van der Waals surface area contributed by atoms with Crippen LogP contribution >= 0.6 is 0 Å². The third-order valence-electron chi connectivity index (χ3n) is 4.59. The van der Waals surface area contributed by atoms with Crippen molar-refractivity contribution < 1.29 is 4.79 Å². The molecule has 1 aromatic heterocycles. The van der Waals surface area contributed by atoms with Gasteiger partial charge in [0.2, 0.25) is 5.95 Å². The van der Waals surface area contributed by atoms with Gasteiger partial charge < -0.3 is 16.0 Å². The Hall–Kier alpha value is -3.41. The topological polar surface area (TPSA) is 84.1 Å². The first-order valence-electron chi connectivity index (χ1n) is 9.02. The Morgan fingerprint density at radius 3 is 2.44 bits per heavy atom. The highest BCUT2D eigenvalue weighted by molar-refractivity contribution is 6.04. The maximum Gasteiger partial charge on any atom is 0.260 e. The number of aromatic nitrogens is 2. The molecule has 0 radical (unpaired) electrons. The summed E-state index contributed by atoms with van der Waals surface area (Å²) in [6.45, 7) is 1.94. The molecule has 0 fully saturated rings. The zero-order chi connectivity index (χ0) is 18.6. The van der Waals surface area contributed by atoms with E-state index in [2.05, 4.69) is 15.3 Å². The molecule has 1 amide bonds. The Kier molecular flexibility index (Phi) is 4.70. The second-order valence-electron chi connectivity index (χ2n) is 6.51. The molecule has 0 atom stereocenters. The van der Waals surface area contributed by atoms with Gasteiger partial charge in [-0.25, -0.2) is 4.98 Å². The summed E-state index contributed by atoms with van der Waals surface area (Å²) < 4.78 is 0. The first-order valence-corrected chi connectivity index (χ1v) is 9.02. The fourth-order valence-electron chi connectivity index (χ4n) is 3.30. The van der Waals surface area contributed by atoms with Crippen molar-refractivity contribution in [2.24, 2.45) is 0 Å². The minimum atomic E-state index is -0.0834. The van der Waals surface area contributed by atoms with Crippen LogP contribution in [-0.2, 0) is 6.54 Å². The van der Waals surface area contributed by atoms with Gasteiger partial charge in [-0.2, -0.15) is 4.98 Å². The number of nitrogens with one attached hydrogen (secondary N) is 1. The van der Waals surface area contributed by atoms with E-state index >= 15 is 0 Å². The number of anilines is 2. The van der Waals surface area contributed by atoms with E-state index in [1.807, 2.05) is 65.6 Å². The van der Waals surface area contributed by atoms with Crippen molar-refractivity contribution >= 4 is 17.7 Å². The predicted molar refractivity (Wildman–Crippen MR) is 106 cm³/mol. The van der Waals surface area contributed by atoms with Gasteiger partial charge in [0.1, 0.15) is 11.4 Å². The number of hydrogen-bond acceptors (Lipinski definition) is 5. The number of nitrogens with zero attached hydrogens (tertiary/aromatic N) is 3. The summed E-state index contributed by atoms with van der Waals surface area (Å²) >= 11 is 0. The maximum atomic E-state index is 13.5. The second-order valence-corrected chi connectivity index (χ2v) is 6.51. The molecule has 0 unspecified atom stereocenters. The third-order valence-corrected chi connectivity index (χ3v) is 4.59. The summed E-state index contributed by atoms with van der Waals surface area (Å²) in [7, 11) is 0. The molecule has 1 aliphatic heterocycles. The molecule has 2 heterocycles. The molecule has 0 spiro atoms. The van der Waals surface area contributed by atoms with Crippen LogP contribution in [0.4, 0.5) is 11.8 Å². The summed E-state index contributed by atoms with van der Waals surface area (Å²) in [4.78, 5) is 24.0. The van der Waals surface area contributed by atoms with E-state index in [-0.39, 0.29) is 11.9 Å². The highest BCUT2D eigenvalue weighted by atomic mass is 16.2. The zero-order valence-corrected chi connectivity index (χ0v) is 14.9. The van der Waals surface area contributed by atoms with Crippen molar-refractivity contribution in [3.8, 4) is 11.3 Å². The van der Waals surface area contributed by atoms with Gasteiger partial charge in [-0.15, -0.1) is 0 Å². The smallest absolute Gasteiger partial charge is 0.260 e. The second kappa shape index (κ2) is 7.45. The molecule has 0 bridgehead atoms. The molecule has 3 N–H and O–H groups in total. The van der Waals surface area contributed by atoms with E-state index in [4.69, 9.17) is 5.73 Å². The van der Waals surface area contributed by atoms with Crippen LogP contribution < -0.4 is 11.1 Å². The molecule has 0 saturated heterocycles. The SMILES string of the molecule is Nc1nc2c(c(-c3ccccc3)n1)C(=O)N(Cc1ccccc1)CCCN2. The van der Waals surface area contributed by atoms with Crippen molar-refractivity contribution in [2.45, 2.75) is 13.0 Å². The molecule has 136 valence electrons. The largest absolute Gasteiger partial charge is 0.369 e. The van der Waals surface area contributed by atoms with Crippen LogP contribution in [0.3, 0.4) is 0 Å². The summed E-state index contributed by atoms with van der Waals surface area (Å²) in [5.74, 6) is 0.576. The van der Waals surface area contributed by atoms with Crippen LogP contribution in [0.25, 0.3) is 11.3 Å². The monoisotopic (exact) mass is 359 g/mol. The van der Waals surface area contributed by atoms with Crippen molar-refractivity contribution in [1.82, 2.24) is 14.9 Å². The molecule has 1 aliphatic rings. The minimum Gasteiger partial charge on any atom is -0.369 e. The van der Waals surface area contributed by atoms with Gasteiger partial charge in [0.05, 0.1) is 5.69 Å². The van der Waals surface area contributed by atoms with Crippen molar-refractivity contribution in [2.75, 3.05) is 24.1 Å². The van der Waals surface area contributed by atoms with E-state index < -0.39 is 0 Å². The van der Waals surface area contributed by atoms with E-state index in [1.165, 1.54) is 0 Å². The van der Waals surface area contributed by atoms with E-state index in [1.54, 1.807) is 0 Å². The van der Waals surface area contributed by atoms with Gasteiger partial charge >= 0.3 is 0 Å². The fourth-order valence-corrected chi connectivity index (χ4v) is 3.30. The molecular formula is C21H21N5O. The Bertz CT molecular complexity index is 944. The Labute approximate surface area is 158 Å². The number of carbonyl (C=O) groups is 1. The molecule has 27 heavy (non-hydrogen) atoms. The number of amides is 1. The van der Waals surface area contributed by atoms with Crippen LogP contribution in [0.1, 0.15) is 22.3 Å². The molecule has 0 saturated carbocycles. The summed E-state index contributed by atoms with van der Waals surface area (Å²) in [6, 6.07) is 19.6. The molecular weight excluding hydrogens is 338 g/mol. The van der Waals surface area contributed by atoms with E-state index in [0.29, 0.717) is 30.2 Å². The standard InChI is InChI=1S/C21H21N5O/c22-21-24-18(16-10-5-2-6-11-16)17-19(25-21)23-12-7-13-26(20(17)27)14-15-8-3-1-4-9-15/h1-6,8-11H,7,12-14H2,(H3,22,23,24,25). The number of carbonyl (C=O) groups excluding carboxylic acids is 1. The van der Waals surface area contributed by atoms with E-state index in [9.17, 15) is 4.79 Å². The summed E-state index contributed by atoms with van der Waals surface area (Å²) in [6.07, 6.45) is 0.836. The van der Waals surface area contributed by atoms with E-state index in [0.717, 1.165) is 24.1 Å². The molecule has 6 nitrogen and oxygen atoms in total. The normalized spacial score (nSPS) is 14.1. The molecule has 2 aromatic carbocycles. The summed E-state index contributed by atoms with van der Waals surface area (Å²) in [5.41, 5.74) is 8.91. The van der Waals surface area contributed by atoms with Gasteiger partial charge in [0.25, 0.3) is 5.91 Å². The van der Waals surface area contributed by atoms with Gasteiger partial charge in [0.15, 0.2) is 0 Å². The van der Waals surface area contributed by atoms with Crippen LogP contribution in [-0.4, -0.2) is 33.9 Å². The maximum absolute atomic E-state index is 13.5. The van der Waals surface area contributed by atoms with Crippen molar-refractivity contribution in [3.63, 3.8) is 0 Å². The van der Waals surface area contributed by atoms with Crippen molar-refractivity contribution in [3.05, 3.63) is 71.8 Å². The highest BCUT2D eigenvalue weighted by Gasteiger charge is 2.27. The Morgan fingerprint density at radius 1 is 1.00 bits per heavy atom. The lowest BCUT2D eigenvalue weighted by atomic mass is 10.0. The third kappa shape index (κ3) is 3.60. The summed E-state index contributed by atoms with van der Waals surface area (Å²) in [5, 5.41) is 3.25. The Balaban J connectivity index is 1.79. The van der Waals surface area contributed by atoms with Crippen LogP contribution in [0.2, 0.25) is 0 Å². The Morgan fingerprint density at radius 2 is 1.70 bits per heavy atom. The first kappa shape index (κ1) is 17.0. The number of fused-ring (bicyclic) bond motifs is 1. The highest BCUT2D eigenvalue weighted by Crippen LogP contribution is 2.30. The number of nitrogens with two attached hydrogens (primary N) is 1. The van der Waals surface area contributed by atoms with Gasteiger partial charge in [-0.3, -0.25) is 4.79 Å². The average molecular weight is 359 g/mol. The quantitative estimate of drug-likeness (QED) is 0.750.